The van der Waals surface area contributed by atoms with Gasteiger partial charge in [-0.05, 0) is 50.9 Å². The van der Waals surface area contributed by atoms with E-state index < -0.39 is 0 Å². The van der Waals surface area contributed by atoms with Crippen LogP contribution in [0.25, 0.3) is 0 Å². The Kier molecular flexibility index (Phi) is 9.81. The summed E-state index contributed by atoms with van der Waals surface area (Å²) in [5, 5.41) is 12.8. The minimum atomic E-state index is -0.274. The summed E-state index contributed by atoms with van der Waals surface area (Å²) in [6, 6.07) is 5.33. The highest BCUT2D eigenvalue weighted by Crippen LogP contribution is 2.31. The van der Waals surface area contributed by atoms with Gasteiger partial charge in [-0.15, -0.1) is 0 Å². The number of morpholine rings is 1. The van der Waals surface area contributed by atoms with E-state index in [1.54, 1.807) is 4.90 Å². The average Bonchev–Trinajstić information content (AvgIpc) is 3.70. The van der Waals surface area contributed by atoms with Crippen LogP contribution in [-0.2, 0) is 20.7 Å². The predicted octanol–water partition coefficient (Wildman–Crippen LogP) is 1.84. The van der Waals surface area contributed by atoms with Crippen molar-refractivity contribution < 1.29 is 24.2 Å². The Balaban J connectivity index is 1.48. The molecule has 1 aliphatic carbocycles. The first-order valence-corrected chi connectivity index (χ1v) is 13.8. The molecule has 2 aliphatic heterocycles. The van der Waals surface area contributed by atoms with Crippen molar-refractivity contribution in [3.05, 3.63) is 23.8 Å². The lowest BCUT2D eigenvalue weighted by Crippen LogP contribution is -2.47. The van der Waals surface area contributed by atoms with Gasteiger partial charge in [0.1, 0.15) is 11.9 Å². The van der Waals surface area contributed by atoms with Crippen LogP contribution in [0, 0.1) is 11.8 Å². The van der Waals surface area contributed by atoms with Crippen molar-refractivity contribution in [1.29, 1.82) is 0 Å². The summed E-state index contributed by atoms with van der Waals surface area (Å²) in [7, 11) is 2.14. The number of anilines is 1. The minimum absolute atomic E-state index is 0.0407. The predicted molar refractivity (Wildman–Crippen MR) is 143 cm³/mol. The zero-order valence-corrected chi connectivity index (χ0v) is 22.7. The number of nitrogens with zero attached hydrogens (tertiary/aromatic N) is 3. The first kappa shape index (κ1) is 27.8. The lowest BCUT2D eigenvalue weighted by atomic mass is 10.0. The van der Waals surface area contributed by atoms with Crippen LogP contribution < -0.4 is 10.1 Å². The summed E-state index contributed by atoms with van der Waals surface area (Å²) < 4.78 is 12.0. The van der Waals surface area contributed by atoms with Gasteiger partial charge in [0.05, 0.1) is 32.3 Å². The zero-order chi connectivity index (χ0) is 26.4. The SMILES string of the molecule is C[C@@H]1CN([C@H](C)CO)C(=O)Cc2cc(NC(=O)CCN3CCOCC3)ccc2O[C@@H]1CN(C)CC1CC1. The molecule has 0 aromatic heterocycles. The van der Waals surface area contributed by atoms with Gasteiger partial charge in [-0.2, -0.15) is 0 Å². The third kappa shape index (κ3) is 8.14. The topological polar surface area (TPSA) is 94.6 Å². The van der Waals surface area contributed by atoms with Crippen molar-refractivity contribution in [2.24, 2.45) is 11.8 Å². The maximum Gasteiger partial charge on any atom is 0.227 e. The quantitative estimate of drug-likeness (QED) is 0.490. The number of ether oxygens (including phenoxy) is 2. The lowest BCUT2D eigenvalue weighted by Gasteiger charge is -2.34. The molecule has 206 valence electrons. The van der Waals surface area contributed by atoms with E-state index in [0.717, 1.165) is 37.7 Å². The molecule has 1 aromatic rings. The molecule has 37 heavy (non-hydrogen) atoms. The van der Waals surface area contributed by atoms with Gasteiger partial charge in [-0.25, -0.2) is 0 Å². The van der Waals surface area contributed by atoms with Gasteiger partial charge in [-0.3, -0.25) is 14.5 Å². The second kappa shape index (κ2) is 13.0. The fourth-order valence-corrected chi connectivity index (χ4v) is 5.16. The largest absolute Gasteiger partial charge is 0.488 e. The number of aliphatic hydroxyl groups is 1. The monoisotopic (exact) mass is 516 g/mol. The van der Waals surface area contributed by atoms with Gasteiger partial charge >= 0.3 is 0 Å². The van der Waals surface area contributed by atoms with Crippen LogP contribution in [0.3, 0.4) is 0 Å². The number of amides is 2. The number of aliphatic hydroxyl groups excluding tert-OH is 1. The van der Waals surface area contributed by atoms with Crippen molar-refractivity contribution in [3.63, 3.8) is 0 Å². The number of rotatable bonds is 10. The number of carbonyl (C=O) groups excluding carboxylic acids is 2. The fourth-order valence-electron chi connectivity index (χ4n) is 5.16. The van der Waals surface area contributed by atoms with Gasteiger partial charge in [-0.1, -0.05) is 6.92 Å². The van der Waals surface area contributed by atoms with Crippen LogP contribution in [-0.4, -0.2) is 110 Å². The van der Waals surface area contributed by atoms with Crippen molar-refractivity contribution in [2.75, 3.05) is 71.5 Å². The van der Waals surface area contributed by atoms with Crippen LogP contribution in [0.4, 0.5) is 5.69 Å². The molecular formula is C28H44N4O5. The molecule has 1 saturated heterocycles. The molecule has 3 aliphatic rings. The summed E-state index contributed by atoms with van der Waals surface area (Å²) in [4.78, 5) is 32.4. The van der Waals surface area contributed by atoms with Gasteiger partial charge in [0, 0.05) is 62.9 Å². The van der Waals surface area contributed by atoms with E-state index in [0.29, 0.717) is 44.2 Å². The zero-order valence-electron chi connectivity index (χ0n) is 22.7. The number of likely N-dealkylation sites (N-methyl/N-ethyl adjacent to an activating group) is 1. The molecule has 0 unspecified atom stereocenters. The van der Waals surface area contributed by atoms with Crippen LogP contribution in [0.1, 0.15) is 38.7 Å². The smallest absolute Gasteiger partial charge is 0.227 e. The van der Waals surface area contributed by atoms with Crippen LogP contribution >= 0.6 is 0 Å². The molecule has 9 nitrogen and oxygen atoms in total. The van der Waals surface area contributed by atoms with E-state index >= 15 is 0 Å². The highest BCUT2D eigenvalue weighted by Gasteiger charge is 2.32. The molecule has 3 atom stereocenters. The normalized spacial score (nSPS) is 24.0. The second-order valence-corrected chi connectivity index (χ2v) is 11.1. The summed E-state index contributed by atoms with van der Waals surface area (Å²) >= 11 is 0. The third-order valence-corrected chi connectivity index (χ3v) is 7.72. The first-order chi connectivity index (χ1) is 17.8. The van der Waals surface area contributed by atoms with E-state index in [9.17, 15) is 14.7 Å². The minimum Gasteiger partial charge on any atom is -0.488 e. The number of fused-ring (bicyclic) bond motifs is 1. The maximum atomic E-state index is 13.4. The first-order valence-electron chi connectivity index (χ1n) is 13.8. The molecule has 2 heterocycles. The molecule has 1 aromatic carbocycles. The molecule has 9 heteroatoms. The lowest BCUT2D eigenvalue weighted by molar-refractivity contribution is -0.134. The molecule has 1 saturated carbocycles. The van der Waals surface area contributed by atoms with Gasteiger partial charge < -0.3 is 29.7 Å². The second-order valence-electron chi connectivity index (χ2n) is 11.1. The Hall–Kier alpha value is -2.20. The number of carbonyl (C=O) groups is 2. The average molecular weight is 517 g/mol. The highest BCUT2D eigenvalue weighted by atomic mass is 16.5. The highest BCUT2D eigenvalue weighted by molar-refractivity contribution is 5.91. The molecule has 2 amide bonds. The van der Waals surface area contributed by atoms with E-state index in [1.165, 1.54) is 12.8 Å². The Labute approximate surface area is 221 Å². The molecule has 4 rings (SSSR count). The van der Waals surface area contributed by atoms with Crippen LogP contribution in [0.15, 0.2) is 18.2 Å². The van der Waals surface area contributed by atoms with E-state index in [2.05, 4.69) is 29.1 Å². The van der Waals surface area contributed by atoms with Crippen LogP contribution in [0.2, 0.25) is 0 Å². The third-order valence-electron chi connectivity index (χ3n) is 7.72. The molecule has 0 radical (unpaired) electrons. The molecular weight excluding hydrogens is 472 g/mol. The number of benzene rings is 1. The Morgan fingerprint density at radius 1 is 1.24 bits per heavy atom. The van der Waals surface area contributed by atoms with Gasteiger partial charge in [0.2, 0.25) is 11.8 Å². The Bertz CT molecular complexity index is 918. The molecule has 0 spiro atoms. The van der Waals surface area contributed by atoms with Crippen molar-refractivity contribution in [2.45, 2.75) is 51.7 Å². The van der Waals surface area contributed by atoms with E-state index in [1.807, 2.05) is 25.1 Å². The molecule has 2 fully saturated rings. The number of hydrogen-bond acceptors (Lipinski definition) is 7. The summed E-state index contributed by atoms with van der Waals surface area (Å²) in [5.41, 5.74) is 1.42. The van der Waals surface area contributed by atoms with Crippen LogP contribution in [0.5, 0.6) is 5.75 Å². The van der Waals surface area contributed by atoms with E-state index in [4.69, 9.17) is 9.47 Å². The maximum absolute atomic E-state index is 13.4. The van der Waals surface area contributed by atoms with Gasteiger partial charge in [0.15, 0.2) is 0 Å². The summed E-state index contributed by atoms with van der Waals surface area (Å²) in [5.74, 6) is 1.47. The van der Waals surface area contributed by atoms with Crippen molar-refractivity contribution >= 4 is 17.5 Å². The number of nitrogens with one attached hydrogen (secondary N) is 1. The van der Waals surface area contributed by atoms with E-state index in [-0.39, 0.29) is 42.9 Å². The fraction of sp³-hybridized carbons (Fsp3) is 0.714. The van der Waals surface area contributed by atoms with Gasteiger partial charge in [0.25, 0.3) is 0 Å². The molecule has 0 bridgehead atoms. The summed E-state index contributed by atoms with van der Waals surface area (Å²) in [6.45, 7) is 10.1. The van der Waals surface area contributed by atoms with Crippen molar-refractivity contribution in [3.8, 4) is 5.75 Å². The molecule has 2 N–H and O–H groups in total. The standard InChI is InChI=1S/C28H44N4O5/c1-20-16-32(21(2)19-33)28(35)15-23-14-24(29-27(34)8-9-31-10-12-36-13-11-31)6-7-25(23)37-26(20)18-30(3)17-22-4-5-22/h6-7,14,20-22,26,33H,4-5,8-13,15-19H2,1-3H3,(H,29,34)/t20-,21-,26-/m1/s1. The summed E-state index contributed by atoms with van der Waals surface area (Å²) in [6.07, 6.45) is 3.06. The Morgan fingerprint density at radius 2 is 2.00 bits per heavy atom. The Morgan fingerprint density at radius 3 is 2.70 bits per heavy atom. The number of hydrogen-bond donors (Lipinski definition) is 2. The van der Waals surface area contributed by atoms with Crippen molar-refractivity contribution in [1.82, 2.24) is 14.7 Å².